The number of rotatable bonds is 6. The normalized spacial score (nSPS) is 13.6. The molecule has 0 saturated heterocycles. The average molecular weight is 495 g/mol. The second kappa shape index (κ2) is 9.60. The Morgan fingerprint density at radius 1 is 0.917 bits per heavy atom. The summed E-state index contributed by atoms with van der Waals surface area (Å²) in [5.74, 6) is 7.31. The van der Waals surface area contributed by atoms with Crippen molar-refractivity contribution < 1.29 is 4.74 Å². The van der Waals surface area contributed by atoms with Crippen LogP contribution in [0.1, 0.15) is 21.8 Å². The van der Waals surface area contributed by atoms with Crippen molar-refractivity contribution in [2.24, 2.45) is 0 Å². The summed E-state index contributed by atoms with van der Waals surface area (Å²) < 4.78 is 7.09. The zero-order valence-corrected chi connectivity index (χ0v) is 20.6. The number of aromatic nitrogens is 2. The summed E-state index contributed by atoms with van der Waals surface area (Å²) in [6, 6.07) is 28.5. The fraction of sp³-hybridized carbons (Fsp3) is 0.172. The fourth-order valence-electron chi connectivity index (χ4n) is 4.75. The van der Waals surface area contributed by atoms with E-state index in [-0.39, 0.29) is 12.2 Å². The van der Waals surface area contributed by atoms with E-state index in [1.807, 2.05) is 48.5 Å². The largest absolute Gasteiger partial charge is 0.486 e. The van der Waals surface area contributed by atoms with Gasteiger partial charge in [0.05, 0.1) is 5.39 Å². The molecule has 180 valence electrons. The molecule has 0 fully saturated rings. The monoisotopic (exact) mass is 494 g/mol. The Kier molecular flexibility index (Phi) is 6.01. The van der Waals surface area contributed by atoms with Gasteiger partial charge in [-0.2, -0.15) is 0 Å². The Hall–Kier alpha value is -3.94. The summed E-state index contributed by atoms with van der Waals surface area (Å²) in [6.07, 6.45) is 0.822. The van der Waals surface area contributed by atoms with Crippen molar-refractivity contribution >= 4 is 21.6 Å². The van der Waals surface area contributed by atoms with Crippen molar-refractivity contribution in [2.75, 3.05) is 12.4 Å². The molecule has 0 saturated carbocycles. The van der Waals surface area contributed by atoms with Gasteiger partial charge in [0.1, 0.15) is 17.2 Å². The number of benzene rings is 3. The highest BCUT2D eigenvalue weighted by molar-refractivity contribution is 7.18. The second-order valence-corrected chi connectivity index (χ2v) is 10.1. The van der Waals surface area contributed by atoms with Crippen LogP contribution in [-0.4, -0.2) is 21.1 Å². The van der Waals surface area contributed by atoms with Gasteiger partial charge in [-0.1, -0.05) is 72.8 Å². The second-order valence-electron chi connectivity index (χ2n) is 9.01. The van der Waals surface area contributed by atoms with E-state index in [2.05, 4.69) is 41.3 Å². The zero-order valence-electron chi connectivity index (χ0n) is 19.8. The molecule has 36 heavy (non-hydrogen) atoms. The molecule has 0 amide bonds. The number of fused-ring (bicyclic) bond motifs is 3. The van der Waals surface area contributed by atoms with E-state index < -0.39 is 0 Å². The third-order valence-corrected chi connectivity index (χ3v) is 7.75. The molecule has 6 rings (SSSR count). The molecule has 1 aliphatic rings. The summed E-state index contributed by atoms with van der Waals surface area (Å²) in [4.78, 5) is 22.3. The van der Waals surface area contributed by atoms with E-state index in [0.717, 1.165) is 52.3 Å². The molecule has 7 heteroatoms. The SMILES string of the molecule is Nn1c(COc2ccc(-c3ccccc3)cc2)nc2sc3c(c2c1=O)CCN(Cc1ccccc1)C3. The average Bonchev–Trinajstić information content (AvgIpc) is 3.29. The maximum atomic E-state index is 13.2. The minimum Gasteiger partial charge on any atom is -0.486 e. The standard InChI is InChI=1S/C29H26N4O2S/c30-33-26(19-35-23-13-11-22(12-14-23)21-9-5-2-6-10-21)31-28-27(29(33)34)24-15-16-32(18-25(24)36-28)17-20-7-3-1-4-8-20/h1-14H,15-19,30H2. The van der Waals surface area contributed by atoms with Crippen LogP contribution in [-0.2, 0) is 26.1 Å². The van der Waals surface area contributed by atoms with Crippen LogP contribution in [0.2, 0.25) is 0 Å². The lowest BCUT2D eigenvalue weighted by Gasteiger charge is -2.26. The van der Waals surface area contributed by atoms with Crippen molar-refractivity contribution in [3.63, 3.8) is 0 Å². The van der Waals surface area contributed by atoms with Gasteiger partial charge in [0.15, 0.2) is 5.82 Å². The highest BCUT2D eigenvalue weighted by Gasteiger charge is 2.25. The predicted octanol–water partition coefficient (Wildman–Crippen LogP) is 4.98. The first-order valence-corrected chi connectivity index (χ1v) is 12.8. The molecule has 0 bridgehead atoms. The number of nitrogen functional groups attached to an aromatic ring is 1. The Morgan fingerprint density at radius 3 is 2.36 bits per heavy atom. The van der Waals surface area contributed by atoms with Gasteiger partial charge in [-0.15, -0.1) is 11.3 Å². The summed E-state index contributed by atoms with van der Waals surface area (Å²) in [6.45, 7) is 2.73. The van der Waals surface area contributed by atoms with Crippen molar-refractivity contribution in [1.82, 2.24) is 14.6 Å². The van der Waals surface area contributed by atoms with E-state index in [4.69, 9.17) is 15.6 Å². The van der Waals surface area contributed by atoms with Crippen LogP contribution in [0.3, 0.4) is 0 Å². The Balaban J connectivity index is 1.20. The minimum atomic E-state index is -0.202. The molecule has 0 atom stereocenters. The summed E-state index contributed by atoms with van der Waals surface area (Å²) >= 11 is 1.60. The first-order chi connectivity index (χ1) is 17.7. The maximum Gasteiger partial charge on any atom is 0.281 e. The smallest absolute Gasteiger partial charge is 0.281 e. The van der Waals surface area contributed by atoms with Gasteiger partial charge in [-0.3, -0.25) is 9.69 Å². The first-order valence-electron chi connectivity index (χ1n) is 12.0. The van der Waals surface area contributed by atoms with Gasteiger partial charge in [0.2, 0.25) is 0 Å². The summed E-state index contributed by atoms with van der Waals surface area (Å²) in [5, 5.41) is 0.660. The molecule has 0 spiro atoms. The van der Waals surface area contributed by atoms with Crippen molar-refractivity contribution in [3.05, 3.63) is 117 Å². The van der Waals surface area contributed by atoms with Crippen molar-refractivity contribution in [1.29, 1.82) is 0 Å². The molecule has 2 aromatic heterocycles. The van der Waals surface area contributed by atoms with Gasteiger partial charge >= 0.3 is 0 Å². The van der Waals surface area contributed by atoms with E-state index in [1.165, 1.54) is 10.4 Å². The number of nitrogens with two attached hydrogens (primary N) is 1. The minimum absolute atomic E-state index is 0.120. The van der Waals surface area contributed by atoms with E-state index in [9.17, 15) is 4.79 Å². The molecule has 0 radical (unpaired) electrons. The van der Waals surface area contributed by atoms with Gasteiger partial charge in [0, 0.05) is 24.5 Å². The molecule has 5 aromatic rings. The Morgan fingerprint density at radius 2 is 1.61 bits per heavy atom. The first kappa shape index (κ1) is 22.5. The van der Waals surface area contributed by atoms with E-state index >= 15 is 0 Å². The lowest BCUT2D eigenvalue weighted by molar-refractivity contribution is 0.249. The van der Waals surface area contributed by atoms with Crippen LogP contribution in [0, 0.1) is 0 Å². The van der Waals surface area contributed by atoms with Crippen molar-refractivity contribution in [3.8, 4) is 16.9 Å². The Labute approximate surface area is 213 Å². The van der Waals surface area contributed by atoms with Gasteiger partial charge < -0.3 is 10.6 Å². The lowest BCUT2D eigenvalue weighted by atomic mass is 10.0. The Bertz CT molecular complexity index is 1560. The zero-order chi connectivity index (χ0) is 24.5. The number of hydrogen-bond acceptors (Lipinski definition) is 6. The molecule has 0 aliphatic carbocycles. The van der Waals surface area contributed by atoms with Crippen LogP contribution >= 0.6 is 11.3 Å². The van der Waals surface area contributed by atoms with E-state index in [0.29, 0.717) is 17.0 Å². The molecule has 1 aliphatic heterocycles. The topological polar surface area (TPSA) is 73.4 Å². The summed E-state index contributed by atoms with van der Waals surface area (Å²) in [7, 11) is 0. The number of hydrogen-bond donors (Lipinski definition) is 1. The lowest BCUT2D eigenvalue weighted by Crippen LogP contribution is -2.33. The molecule has 0 unspecified atom stereocenters. The fourth-order valence-corrected chi connectivity index (χ4v) is 6.02. The number of nitrogens with zero attached hydrogens (tertiary/aromatic N) is 3. The molecule has 3 heterocycles. The molecule has 2 N–H and O–H groups in total. The van der Waals surface area contributed by atoms with Gasteiger partial charge in [0.25, 0.3) is 5.56 Å². The molecular formula is C29H26N4O2S. The number of ether oxygens (including phenoxy) is 1. The third kappa shape index (κ3) is 4.39. The van der Waals surface area contributed by atoms with Crippen LogP contribution in [0.25, 0.3) is 21.3 Å². The van der Waals surface area contributed by atoms with E-state index in [1.54, 1.807) is 11.3 Å². The van der Waals surface area contributed by atoms with Crippen LogP contribution < -0.4 is 16.1 Å². The van der Waals surface area contributed by atoms with Gasteiger partial charge in [-0.25, -0.2) is 9.66 Å². The van der Waals surface area contributed by atoms with Crippen molar-refractivity contribution in [2.45, 2.75) is 26.1 Å². The van der Waals surface area contributed by atoms with Gasteiger partial charge in [-0.05, 0) is 40.8 Å². The molecule has 3 aromatic carbocycles. The highest BCUT2D eigenvalue weighted by atomic mass is 32.1. The van der Waals surface area contributed by atoms with Crippen LogP contribution in [0.5, 0.6) is 5.75 Å². The maximum absolute atomic E-state index is 13.2. The molecular weight excluding hydrogens is 468 g/mol. The highest BCUT2D eigenvalue weighted by Crippen LogP contribution is 2.33. The number of thiophene rings is 1. The summed E-state index contributed by atoms with van der Waals surface area (Å²) in [5.41, 5.74) is 4.45. The third-order valence-electron chi connectivity index (χ3n) is 6.64. The van der Waals surface area contributed by atoms with Crippen LogP contribution in [0.15, 0.2) is 89.7 Å². The quantitative estimate of drug-likeness (QED) is 0.337. The van der Waals surface area contributed by atoms with Crippen LogP contribution in [0.4, 0.5) is 0 Å². The molecule has 6 nitrogen and oxygen atoms in total. The predicted molar refractivity (Wildman–Crippen MR) is 145 cm³/mol.